The minimum atomic E-state index is 0.0384. The molecule has 0 aromatic rings. The van der Waals surface area contributed by atoms with Crippen LogP contribution in [-0.4, -0.2) is 38.9 Å². The van der Waals surface area contributed by atoms with E-state index in [1.807, 2.05) is 13.8 Å². The van der Waals surface area contributed by atoms with Crippen LogP contribution in [0.2, 0.25) is 0 Å². The highest BCUT2D eigenvalue weighted by Gasteiger charge is 2.04. The number of nitrogens with one attached hydrogen (secondary N) is 1. The maximum absolute atomic E-state index is 11.2. The van der Waals surface area contributed by atoms with Crippen molar-refractivity contribution >= 4 is 5.91 Å². The SMILES string of the molecule is CCCCCCOCCOCCNC(=O)C(C)C. The predicted molar refractivity (Wildman–Crippen MR) is 73.6 cm³/mol. The molecule has 4 nitrogen and oxygen atoms in total. The molecule has 0 spiro atoms. The first-order valence-corrected chi connectivity index (χ1v) is 7.11. The Balaban J connectivity index is 3.05. The molecule has 0 saturated carbocycles. The number of hydrogen-bond acceptors (Lipinski definition) is 3. The van der Waals surface area contributed by atoms with E-state index in [0.717, 1.165) is 13.0 Å². The van der Waals surface area contributed by atoms with Gasteiger partial charge in [-0.05, 0) is 6.42 Å². The Morgan fingerprint density at radius 3 is 2.28 bits per heavy atom. The van der Waals surface area contributed by atoms with Gasteiger partial charge < -0.3 is 14.8 Å². The van der Waals surface area contributed by atoms with E-state index in [-0.39, 0.29) is 11.8 Å². The Morgan fingerprint density at radius 1 is 1.00 bits per heavy atom. The zero-order valence-electron chi connectivity index (χ0n) is 12.2. The summed E-state index contributed by atoms with van der Waals surface area (Å²) in [5, 5.41) is 2.80. The Morgan fingerprint density at radius 2 is 1.67 bits per heavy atom. The molecule has 4 heteroatoms. The molecule has 108 valence electrons. The topological polar surface area (TPSA) is 47.6 Å². The standard InChI is InChI=1S/C14H29NO3/c1-4-5-6-7-9-17-11-12-18-10-8-15-14(16)13(2)3/h13H,4-12H2,1-3H3,(H,15,16). The fourth-order valence-electron chi connectivity index (χ4n) is 1.40. The van der Waals surface area contributed by atoms with Crippen LogP contribution in [0.4, 0.5) is 0 Å². The molecule has 0 aromatic carbocycles. The highest BCUT2D eigenvalue weighted by molar-refractivity contribution is 5.77. The van der Waals surface area contributed by atoms with Crippen molar-refractivity contribution in [3.63, 3.8) is 0 Å². The molecule has 0 bridgehead atoms. The zero-order chi connectivity index (χ0) is 13.6. The number of rotatable bonds is 12. The summed E-state index contributed by atoms with van der Waals surface area (Å²) in [6, 6.07) is 0. The van der Waals surface area contributed by atoms with Crippen molar-refractivity contribution in [2.45, 2.75) is 46.5 Å². The molecule has 1 N–H and O–H groups in total. The quantitative estimate of drug-likeness (QED) is 0.547. The van der Waals surface area contributed by atoms with Crippen LogP contribution in [0.5, 0.6) is 0 Å². The molecular weight excluding hydrogens is 230 g/mol. The number of hydrogen-bond donors (Lipinski definition) is 1. The summed E-state index contributed by atoms with van der Waals surface area (Å²) < 4.78 is 10.8. The van der Waals surface area contributed by atoms with Gasteiger partial charge in [0.05, 0.1) is 19.8 Å². The first kappa shape index (κ1) is 17.4. The third-order valence-electron chi connectivity index (χ3n) is 2.58. The average molecular weight is 259 g/mol. The number of amides is 1. The highest BCUT2D eigenvalue weighted by atomic mass is 16.5. The number of ether oxygens (including phenoxy) is 2. The maximum atomic E-state index is 11.2. The van der Waals surface area contributed by atoms with Crippen LogP contribution in [0.15, 0.2) is 0 Å². The molecule has 18 heavy (non-hydrogen) atoms. The van der Waals surface area contributed by atoms with Crippen molar-refractivity contribution in [2.75, 3.05) is 33.0 Å². The Labute approximate surface area is 111 Å². The summed E-state index contributed by atoms with van der Waals surface area (Å²) in [5.41, 5.74) is 0. The molecule has 0 aromatic heterocycles. The summed E-state index contributed by atoms with van der Waals surface area (Å²) in [7, 11) is 0. The molecule has 1 amide bonds. The van der Waals surface area contributed by atoms with Crippen molar-refractivity contribution in [1.82, 2.24) is 5.32 Å². The van der Waals surface area contributed by atoms with Gasteiger partial charge >= 0.3 is 0 Å². The third kappa shape index (κ3) is 11.9. The fraction of sp³-hybridized carbons (Fsp3) is 0.929. The summed E-state index contributed by atoms with van der Waals surface area (Å²) >= 11 is 0. The second-order valence-electron chi connectivity index (χ2n) is 4.73. The summed E-state index contributed by atoms with van der Waals surface area (Å²) in [5.74, 6) is 0.113. The van der Waals surface area contributed by atoms with Crippen LogP contribution in [0, 0.1) is 5.92 Å². The largest absolute Gasteiger partial charge is 0.379 e. The molecule has 0 rings (SSSR count). The second kappa shape index (κ2) is 12.8. The maximum Gasteiger partial charge on any atom is 0.222 e. The monoisotopic (exact) mass is 259 g/mol. The van der Waals surface area contributed by atoms with Crippen LogP contribution in [0.1, 0.15) is 46.5 Å². The summed E-state index contributed by atoms with van der Waals surface area (Å²) in [6.45, 7) is 9.16. The highest BCUT2D eigenvalue weighted by Crippen LogP contribution is 1.98. The van der Waals surface area contributed by atoms with Crippen molar-refractivity contribution in [3.8, 4) is 0 Å². The molecule has 0 unspecified atom stereocenters. The van der Waals surface area contributed by atoms with E-state index in [2.05, 4.69) is 12.2 Å². The van der Waals surface area contributed by atoms with Crippen LogP contribution in [0.25, 0.3) is 0 Å². The van der Waals surface area contributed by atoms with Crippen LogP contribution < -0.4 is 5.32 Å². The minimum Gasteiger partial charge on any atom is -0.379 e. The molecule has 0 aliphatic heterocycles. The fourth-order valence-corrected chi connectivity index (χ4v) is 1.40. The van der Waals surface area contributed by atoms with E-state index in [1.165, 1.54) is 19.3 Å². The lowest BCUT2D eigenvalue weighted by molar-refractivity contribution is -0.124. The van der Waals surface area contributed by atoms with E-state index >= 15 is 0 Å². The zero-order valence-corrected chi connectivity index (χ0v) is 12.2. The van der Waals surface area contributed by atoms with Crippen LogP contribution in [-0.2, 0) is 14.3 Å². The van der Waals surface area contributed by atoms with E-state index in [4.69, 9.17) is 9.47 Å². The summed E-state index contributed by atoms with van der Waals surface area (Å²) in [4.78, 5) is 11.2. The van der Waals surface area contributed by atoms with Crippen molar-refractivity contribution in [1.29, 1.82) is 0 Å². The Kier molecular flexibility index (Phi) is 12.4. The lowest BCUT2D eigenvalue weighted by atomic mass is 10.2. The van der Waals surface area contributed by atoms with E-state index in [0.29, 0.717) is 26.4 Å². The van der Waals surface area contributed by atoms with Gasteiger partial charge in [-0.2, -0.15) is 0 Å². The molecule has 0 atom stereocenters. The number of unbranched alkanes of at least 4 members (excludes halogenated alkanes) is 3. The number of carbonyl (C=O) groups excluding carboxylic acids is 1. The lowest BCUT2D eigenvalue weighted by Gasteiger charge is -2.08. The Hall–Kier alpha value is -0.610. The molecule has 0 aliphatic carbocycles. The van der Waals surface area contributed by atoms with Gasteiger partial charge in [-0.15, -0.1) is 0 Å². The Bertz CT molecular complexity index is 195. The number of carbonyl (C=O) groups is 1. The van der Waals surface area contributed by atoms with Gasteiger partial charge in [-0.25, -0.2) is 0 Å². The minimum absolute atomic E-state index is 0.0384. The van der Waals surface area contributed by atoms with Crippen LogP contribution >= 0.6 is 0 Å². The van der Waals surface area contributed by atoms with E-state index < -0.39 is 0 Å². The van der Waals surface area contributed by atoms with Gasteiger partial charge in [-0.1, -0.05) is 40.0 Å². The van der Waals surface area contributed by atoms with Crippen molar-refractivity contribution < 1.29 is 14.3 Å². The van der Waals surface area contributed by atoms with E-state index in [1.54, 1.807) is 0 Å². The second-order valence-corrected chi connectivity index (χ2v) is 4.73. The lowest BCUT2D eigenvalue weighted by Crippen LogP contribution is -2.31. The van der Waals surface area contributed by atoms with Crippen molar-refractivity contribution in [2.24, 2.45) is 5.92 Å². The molecular formula is C14H29NO3. The van der Waals surface area contributed by atoms with E-state index in [9.17, 15) is 4.79 Å². The van der Waals surface area contributed by atoms with Gasteiger partial charge in [0.1, 0.15) is 0 Å². The molecule has 0 fully saturated rings. The first-order valence-electron chi connectivity index (χ1n) is 7.11. The van der Waals surface area contributed by atoms with Gasteiger partial charge in [-0.3, -0.25) is 4.79 Å². The summed E-state index contributed by atoms with van der Waals surface area (Å²) in [6.07, 6.45) is 4.93. The van der Waals surface area contributed by atoms with Gasteiger partial charge in [0.25, 0.3) is 0 Å². The first-order chi connectivity index (χ1) is 8.68. The normalized spacial score (nSPS) is 10.9. The molecule has 0 saturated heterocycles. The van der Waals surface area contributed by atoms with Gasteiger partial charge in [0, 0.05) is 19.1 Å². The predicted octanol–water partition coefficient (Wildman–Crippen LogP) is 2.37. The van der Waals surface area contributed by atoms with Gasteiger partial charge in [0.2, 0.25) is 5.91 Å². The van der Waals surface area contributed by atoms with Crippen molar-refractivity contribution in [3.05, 3.63) is 0 Å². The molecule has 0 heterocycles. The average Bonchev–Trinajstić information content (AvgIpc) is 2.35. The molecule has 0 radical (unpaired) electrons. The van der Waals surface area contributed by atoms with Gasteiger partial charge in [0.15, 0.2) is 0 Å². The van der Waals surface area contributed by atoms with Crippen LogP contribution in [0.3, 0.4) is 0 Å². The smallest absolute Gasteiger partial charge is 0.222 e. The molecule has 0 aliphatic rings. The third-order valence-corrected chi connectivity index (χ3v) is 2.58.